The SMILES string of the molecule is COc1cc(C2O[C@H](c3ccc(O)c(OC)c3)[C@H](CO)[C@H]2CO)ccc1O. The van der Waals surface area contributed by atoms with Gasteiger partial charge in [-0.1, -0.05) is 12.1 Å². The predicted octanol–water partition coefficient (Wildman–Crippen LogP) is 2.14. The van der Waals surface area contributed by atoms with E-state index < -0.39 is 12.2 Å². The molecule has 1 aliphatic rings. The Balaban J connectivity index is 1.98. The van der Waals surface area contributed by atoms with Crippen molar-refractivity contribution in [3.05, 3.63) is 47.5 Å². The fourth-order valence-electron chi connectivity index (χ4n) is 3.66. The van der Waals surface area contributed by atoms with Crippen molar-refractivity contribution in [2.24, 2.45) is 11.8 Å². The lowest BCUT2D eigenvalue weighted by molar-refractivity contribution is 0.0183. The first-order valence-corrected chi connectivity index (χ1v) is 8.65. The van der Waals surface area contributed by atoms with Gasteiger partial charge in [-0.15, -0.1) is 0 Å². The smallest absolute Gasteiger partial charge is 0.160 e. The summed E-state index contributed by atoms with van der Waals surface area (Å²) in [5.41, 5.74) is 1.46. The number of benzene rings is 2. The van der Waals surface area contributed by atoms with E-state index in [9.17, 15) is 20.4 Å². The van der Waals surface area contributed by atoms with Crippen LogP contribution in [0.15, 0.2) is 36.4 Å². The second-order valence-corrected chi connectivity index (χ2v) is 6.53. The lowest BCUT2D eigenvalue weighted by Crippen LogP contribution is -2.23. The van der Waals surface area contributed by atoms with Crippen LogP contribution in [0.4, 0.5) is 0 Å². The highest BCUT2D eigenvalue weighted by atomic mass is 16.5. The molecule has 4 atom stereocenters. The second kappa shape index (κ2) is 8.04. The van der Waals surface area contributed by atoms with E-state index >= 15 is 0 Å². The Morgan fingerprint density at radius 1 is 0.778 bits per heavy atom. The summed E-state index contributed by atoms with van der Waals surface area (Å²) in [7, 11) is 2.92. The maximum Gasteiger partial charge on any atom is 0.160 e. The van der Waals surface area contributed by atoms with Crippen molar-refractivity contribution in [2.45, 2.75) is 12.2 Å². The molecule has 2 aromatic rings. The van der Waals surface area contributed by atoms with Crippen molar-refractivity contribution in [3.8, 4) is 23.0 Å². The third-order valence-corrected chi connectivity index (χ3v) is 5.11. The highest BCUT2D eigenvalue weighted by Crippen LogP contribution is 2.50. The van der Waals surface area contributed by atoms with E-state index in [0.717, 1.165) is 11.1 Å². The molecule has 27 heavy (non-hydrogen) atoms. The number of hydrogen-bond acceptors (Lipinski definition) is 7. The minimum atomic E-state index is -0.494. The van der Waals surface area contributed by atoms with Gasteiger partial charge in [0, 0.05) is 25.0 Å². The second-order valence-electron chi connectivity index (χ2n) is 6.53. The molecule has 1 unspecified atom stereocenters. The maximum atomic E-state index is 9.95. The quantitative estimate of drug-likeness (QED) is 0.612. The molecule has 7 nitrogen and oxygen atoms in total. The number of aliphatic hydroxyl groups excluding tert-OH is 2. The van der Waals surface area contributed by atoms with Gasteiger partial charge in [-0.25, -0.2) is 0 Å². The number of rotatable bonds is 6. The molecule has 1 saturated heterocycles. The summed E-state index contributed by atoms with van der Waals surface area (Å²) in [5, 5.41) is 39.5. The van der Waals surface area contributed by atoms with E-state index in [-0.39, 0.29) is 36.5 Å². The standard InChI is InChI=1S/C20H24O7/c1-25-17-7-11(3-5-15(17)23)19-13(9-21)14(10-22)20(27-19)12-4-6-16(24)18(8-12)26-2/h3-8,13-14,19-24H,9-10H2,1-2H3/t13-,14-,19-,20?/m1/s1. The fraction of sp³-hybridized carbons (Fsp3) is 0.400. The first kappa shape index (κ1) is 19.3. The molecule has 1 heterocycles. The van der Waals surface area contributed by atoms with Gasteiger partial charge in [-0.2, -0.15) is 0 Å². The van der Waals surface area contributed by atoms with E-state index in [1.54, 1.807) is 24.3 Å². The van der Waals surface area contributed by atoms with Gasteiger partial charge < -0.3 is 34.6 Å². The normalized spacial score (nSPS) is 24.7. The van der Waals surface area contributed by atoms with Crippen LogP contribution in [0, 0.1) is 11.8 Å². The van der Waals surface area contributed by atoms with E-state index in [0.29, 0.717) is 11.5 Å². The van der Waals surface area contributed by atoms with Crippen molar-refractivity contribution in [2.75, 3.05) is 27.4 Å². The average Bonchev–Trinajstić information content (AvgIpc) is 3.07. The molecule has 2 aromatic carbocycles. The number of phenolic OH excluding ortho intramolecular Hbond substituents is 2. The maximum absolute atomic E-state index is 9.95. The first-order chi connectivity index (χ1) is 13.0. The van der Waals surface area contributed by atoms with Crippen LogP contribution in [-0.2, 0) is 4.74 Å². The van der Waals surface area contributed by atoms with Crippen molar-refractivity contribution in [3.63, 3.8) is 0 Å². The topological polar surface area (TPSA) is 109 Å². The van der Waals surface area contributed by atoms with Gasteiger partial charge in [0.1, 0.15) is 0 Å². The van der Waals surface area contributed by atoms with Crippen LogP contribution in [0.25, 0.3) is 0 Å². The molecule has 0 bridgehead atoms. The largest absolute Gasteiger partial charge is 0.504 e. The van der Waals surface area contributed by atoms with Gasteiger partial charge in [-0.05, 0) is 35.4 Å². The molecular formula is C20H24O7. The molecule has 0 radical (unpaired) electrons. The third kappa shape index (κ3) is 3.53. The summed E-state index contributed by atoms with van der Waals surface area (Å²) < 4.78 is 16.5. The van der Waals surface area contributed by atoms with Gasteiger partial charge in [0.25, 0.3) is 0 Å². The molecule has 146 valence electrons. The highest BCUT2D eigenvalue weighted by molar-refractivity contribution is 5.44. The first-order valence-electron chi connectivity index (χ1n) is 8.65. The zero-order chi connectivity index (χ0) is 19.6. The van der Waals surface area contributed by atoms with Gasteiger partial charge in [0.05, 0.1) is 26.4 Å². The summed E-state index contributed by atoms with van der Waals surface area (Å²) in [6.45, 7) is -0.352. The molecule has 0 aromatic heterocycles. The minimum absolute atomic E-state index is 0.0123. The van der Waals surface area contributed by atoms with Crippen LogP contribution in [-0.4, -0.2) is 47.9 Å². The molecule has 7 heteroatoms. The number of ether oxygens (including phenoxy) is 3. The van der Waals surface area contributed by atoms with E-state index in [1.807, 2.05) is 0 Å². The van der Waals surface area contributed by atoms with E-state index in [1.165, 1.54) is 26.4 Å². The summed E-state index contributed by atoms with van der Waals surface area (Å²) in [5.74, 6) is -0.0640. The Bertz CT molecular complexity index is 726. The number of aliphatic hydroxyl groups is 2. The van der Waals surface area contributed by atoms with Crippen LogP contribution in [0.2, 0.25) is 0 Å². The Morgan fingerprint density at radius 2 is 1.19 bits per heavy atom. The van der Waals surface area contributed by atoms with Gasteiger partial charge in [0.2, 0.25) is 0 Å². The van der Waals surface area contributed by atoms with Gasteiger partial charge >= 0.3 is 0 Å². The number of methoxy groups -OCH3 is 2. The lowest BCUT2D eigenvalue weighted by Gasteiger charge is -2.21. The van der Waals surface area contributed by atoms with Crippen LogP contribution < -0.4 is 9.47 Å². The van der Waals surface area contributed by atoms with Crippen LogP contribution in [0.5, 0.6) is 23.0 Å². The van der Waals surface area contributed by atoms with Gasteiger partial charge in [-0.3, -0.25) is 0 Å². The Kier molecular flexibility index (Phi) is 5.74. The Morgan fingerprint density at radius 3 is 1.52 bits per heavy atom. The summed E-state index contributed by atoms with van der Waals surface area (Å²) in [6.07, 6.45) is -0.988. The van der Waals surface area contributed by atoms with Crippen molar-refractivity contribution in [1.29, 1.82) is 0 Å². The molecule has 0 spiro atoms. The zero-order valence-corrected chi connectivity index (χ0v) is 15.2. The van der Waals surface area contributed by atoms with Crippen LogP contribution in [0.1, 0.15) is 23.3 Å². The van der Waals surface area contributed by atoms with E-state index in [2.05, 4.69) is 0 Å². The van der Waals surface area contributed by atoms with Crippen molar-refractivity contribution < 1.29 is 34.6 Å². The van der Waals surface area contributed by atoms with Crippen molar-refractivity contribution >= 4 is 0 Å². The molecule has 1 aliphatic heterocycles. The highest BCUT2D eigenvalue weighted by Gasteiger charge is 2.45. The number of hydrogen-bond donors (Lipinski definition) is 4. The lowest BCUT2D eigenvalue weighted by atomic mass is 9.83. The molecule has 0 amide bonds. The summed E-state index contributed by atoms with van der Waals surface area (Å²) in [6, 6.07) is 9.76. The molecular weight excluding hydrogens is 352 g/mol. The molecule has 1 fully saturated rings. The summed E-state index contributed by atoms with van der Waals surface area (Å²) >= 11 is 0. The number of phenols is 2. The Labute approximate surface area is 157 Å². The minimum Gasteiger partial charge on any atom is -0.504 e. The third-order valence-electron chi connectivity index (χ3n) is 5.11. The molecule has 0 saturated carbocycles. The number of aromatic hydroxyl groups is 2. The Hall–Kier alpha value is -2.48. The predicted molar refractivity (Wildman–Crippen MR) is 97.0 cm³/mol. The van der Waals surface area contributed by atoms with Crippen LogP contribution >= 0.6 is 0 Å². The monoisotopic (exact) mass is 376 g/mol. The fourth-order valence-corrected chi connectivity index (χ4v) is 3.66. The molecule has 0 aliphatic carbocycles. The zero-order valence-electron chi connectivity index (χ0n) is 15.2. The van der Waals surface area contributed by atoms with Gasteiger partial charge in [0.15, 0.2) is 23.0 Å². The van der Waals surface area contributed by atoms with E-state index in [4.69, 9.17) is 14.2 Å². The van der Waals surface area contributed by atoms with Crippen LogP contribution in [0.3, 0.4) is 0 Å². The van der Waals surface area contributed by atoms with Crippen molar-refractivity contribution in [1.82, 2.24) is 0 Å². The summed E-state index contributed by atoms with van der Waals surface area (Å²) in [4.78, 5) is 0. The molecule has 3 rings (SSSR count). The average molecular weight is 376 g/mol. The molecule has 4 N–H and O–H groups in total.